The van der Waals surface area contributed by atoms with Gasteiger partial charge in [0.05, 0.1) is 25.5 Å². The summed E-state index contributed by atoms with van der Waals surface area (Å²) in [5, 5.41) is 0.714. The van der Waals surface area contributed by atoms with E-state index in [-0.39, 0.29) is 9.90 Å². The molecule has 0 radical (unpaired) electrons. The fourth-order valence-electron chi connectivity index (χ4n) is 3.49. The van der Waals surface area contributed by atoms with Crippen molar-refractivity contribution in [3.63, 3.8) is 0 Å². The van der Waals surface area contributed by atoms with Crippen molar-refractivity contribution in [2.45, 2.75) is 32.0 Å². The average molecular weight is 662 g/mol. The molecule has 0 bridgehead atoms. The molecule has 1 atom stereocenters. The number of sulfonamides is 1. The second-order valence-corrected chi connectivity index (χ2v) is 13.9. The molecule has 194 valence electrons. The highest BCUT2D eigenvalue weighted by molar-refractivity contribution is 9.10. The predicted octanol–water partition coefficient (Wildman–Crippen LogP) is 7.87. The summed E-state index contributed by atoms with van der Waals surface area (Å²) in [5.41, 5.74) is -1.00. The number of halogens is 6. The van der Waals surface area contributed by atoms with Gasteiger partial charge in [0.15, 0.2) is 0 Å². The van der Waals surface area contributed by atoms with Crippen molar-refractivity contribution >= 4 is 77.9 Å². The molecule has 2 heterocycles. The molecule has 3 aromatic rings. The van der Waals surface area contributed by atoms with E-state index in [1.165, 1.54) is 17.8 Å². The third-order valence-corrected chi connectivity index (χ3v) is 11.5. The van der Waals surface area contributed by atoms with Crippen LogP contribution >= 0.6 is 62.2 Å². The minimum absolute atomic E-state index is 0.0326. The van der Waals surface area contributed by atoms with Crippen LogP contribution in [0, 0.1) is 0 Å². The van der Waals surface area contributed by atoms with E-state index in [9.17, 15) is 21.6 Å². The van der Waals surface area contributed by atoms with Crippen molar-refractivity contribution in [3.05, 3.63) is 62.5 Å². The topological polar surface area (TPSA) is 58.6 Å². The number of rotatable bonds is 7. The van der Waals surface area contributed by atoms with E-state index in [1.54, 1.807) is 18.2 Å². The number of anilines is 1. The second-order valence-electron chi connectivity index (χ2n) is 7.96. The van der Waals surface area contributed by atoms with Gasteiger partial charge in [0.1, 0.15) is 16.1 Å². The molecular formula is C22H18BrCl2F3N2O3S3. The molecule has 0 spiro atoms. The summed E-state index contributed by atoms with van der Waals surface area (Å²) in [6.45, 7) is 1.18. The largest absolute Gasteiger partial charge is 0.488 e. The number of alkyl halides is 3. The Balaban J connectivity index is 1.59. The van der Waals surface area contributed by atoms with Gasteiger partial charge in [-0.15, -0.1) is 11.3 Å². The van der Waals surface area contributed by atoms with E-state index < -0.39 is 33.6 Å². The zero-order valence-electron chi connectivity index (χ0n) is 18.4. The van der Waals surface area contributed by atoms with Crippen LogP contribution in [-0.4, -0.2) is 39.6 Å². The number of benzene rings is 2. The van der Waals surface area contributed by atoms with E-state index >= 15 is 0 Å². The van der Waals surface area contributed by atoms with Crippen molar-refractivity contribution in [2.75, 3.05) is 24.9 Å². The van der Waals surface area contributed by atoms with E-state index in [0.29, 0.717) is 43.1 Å². The Kier molecular flexibility index (Phi) is 8.45. The van der Waals surface area contributed by atoms with Crippen LogP contribution in [0.3, 0.4) is 0 Å². The van der Waals surface area contributed by atoms with Crippen LogP contribution in [0.25, 0.3) is 0 Å². The Bertz CT molecular complexity index is 1390. The van der Waals surface area contributed by atoms with Crippen LogP contribution in [0.4, 0.5) is 18.9 Å². The van der Waals surface area contributed by atoms with Gasteiger partial charge in [-0.25, -0.2) is 8.42 Å². The van der Waals surface area contributed by atoms with Gasteiger partial charge in [-0.05, 0) is 59.7 Å². The number of likely N-dealkylation sites (tertiary alicyclic amines) is 1. The van der Waals surface area contributed by atoms with E-state index in [1.807, 2.05) is 11.9 Å². The Hall–Kier alpha value is -1.15. The zero-order chi connectivity index (χ0) is 26.3. The Morgan fingerprint density at radius 3 is 2.64 bits per heavy atom. The standard InChI is InChI=1S/C22H18BrCl2F3N2O3S3/c1-30-8-7-13(11-30)33-17-9-12(5-6-14(17)22(26,27)28)29-36(31,32)19-10-15(23)21(35-19)34-18-4-2-3-16(24)20(18)25/h2-6,9-10,13,29H,7-8,11H2,1H3. The molecule has 0 amide bonds. The quantitative estimate of drug-likeness (QED) is 0.279. The molecule has 1 aliphatic heterocycles. The summed E-state index contributed by atoms with van der Waals surface area (Å²) in [7, 11) is -2.25. The van der Waals surface area contributed by atoms with Crippen LogP contribution in [-0.2, 0) is 16.2 Å². The number of ether oxygens (including phenoxy) is 1. The zero-order valence-corrected chi connectivity index (χ0v) is 24.0. The molecule has 2 aromatic carbocycles. The maximum atomic E-state index is 13.6. The molecule has 5 nitrogen and oxygen atoms in total. The van der Waals surface area contributed by atoms with Crippen LogP contribution < -0.4 is 9.46 Å². The SMILES string of the molecule is CN1CCC(Oc2cc(NS(=O)(=O)c3cc(Br)c(Sc4cccc(Cl)c4Cl)s3)ccc2C(F)(F)F)C1. The molecule has 1 fully saturated rings. The molecule has 36 heavy (non-hydrogen) atoms. The summed E-state index contributed by atoms with van der Waals surface area (Å²) >= 11 is 17.9. The van der Waals surface area contributed by atoms with Gasteiger partial charge in [-0.3, -0.25) is 4.72 Å². The van der Waals surface area contributed by atoms with Crippen LogP contribution in [0.2, 0.25) is 10.0 Å². The summed E-state index contributed by atoms with van der Waals surface area (Å²) in [4.78, 5) is 2.59. The van der Waals surface area contributed by atoms with E-state index in [2.05, 4.69) is 20.7 Å². The number of thiophene rings is 1. The number of hydrogen-bond donors (Lipinski definition) is 1. The van der Waals surface area contributed by atoms with Gasteiger partial charge >= 0.3 is 6.18 Å². The fourth-order valence-corrected chi connectivity index (χ4v) is 8.69. The lowest BCUT2D eigenvalue weighted by molar-refractivity contribution is -0.139. The van der Waals surface area contributed by atoms with Gasteiger partial charge < -0.3 is 9.64 Å². The molecule has 0 saturated carbocycles. The van der Waals surface area contributed by atoms with Crippen LogP contribution in [0.5, 0.6) is 5.75 Å². The average Bonchev–Trinajstić information content (AvgIpc) is 3.36. The highest BCUT2D eigenvalue weighted by atomic mass is 79.9. The van der Waals surface area contributed by atoms with E-state index in [4.69, 9.17) is 27.9 Å². The Labute approximate surface area is 233 Å². The molecule has 1 saturated heterocycles. The first-order valence-corrected chi connectivity index (χ1v) is 15.0. The summed E-state index contributed by atoms with van der Waals surface area (Å²) < 4.78 is 75.9. The predicted molar refractivity (Wildman–Crippen MR) is 141 cm³/mol. The van der Waals surface area contributed by atoms with Gasteiger partial charge in [0, 0.05) is 28.5 Å². The summed E-state index contributed by atoms with van der Waals surface area (Å²) in [6, 6.07) is 9.50. The highest BCUT2D eigenvalue weighted by Crippen LogP contribution is 2.45. The van der Waals surface area contributed by atoms with Crippen LogP contribution in [0.15, 0.2) is 60.3 Å². The molecule has 14 heteroatoms. The lowest BCUT2D eigenvalue weighted by atomic mass is 10.1. The van der Waals surface area contributed by atoms with Crippen molar-refractivity contribution in [1.82, 2.24) is 4.90 Å². The second kappa shape index (κ2) is 10.9. The van der Waals surface area contributed by atoms with Gasteiger partial charge in [0.25, 0.3) is 10.0 Å². The molecule has 1 N–H and O–H groups in total. The summed E-state index contributed by atoms with van der Waals surface area (Å²) in [5.74, 6) is -0.415. The summed E-state index contributed by atoms with van der Waals surface area (Å²) in [6.07, 6.45) is -4.50. The van der Waals surface area contributed by atoms with Crippen molar-refractivity contribution in [2.24, 2.45) is 0 Å². The molecule has 1 aromatic heterocycles. The third kappa shape index (κ3) is 6.46. The number of nitrogens with zero attached hydrogens (tertiary/aromatic N) is 1. The number of nitrogens with one attached hydrogen (secondary N) is 1. The maximum Gasteiger partial charge on any atom is 0.419 e. The molecular weight excluding hydrogens is 644 g/mol. The normalized spacial score (nSPS) is 16.9. The first-order valence-electron chi connectivity index (χ1n) is 10.3. The van der Waals surface area contributed by atoms with Gasteiger partial charge in [-0.2, -0.15) is 13.2 Å². The first-order chi connectivity index (χ1) is 16.8. The minimum atomic E-state index is -4.65. The molecule has 1 aliphatic rings. The highest BCUT2D eigenvalue weighted by Gasteiger charge is 2.36. The number of hydrogen-bond acceptors (Lipinski definition) is 6. The maximum absolute atomic E-state index is 13.6. The molecule has 4 rings (SSSR count). The Morgan fingerprint density at radius 1 is 1.22 bits per heavy atom. The monoisotopic (exact) mass is 660 g/mol. The van der Waals surface area contributed by atoms with Crippen LogP contribution in [0.1, 0.15) is 12.0 Å². The smallest absolute Gasteiger partial charge is 0.419 e. The molecule has 1 unspecified atom stereocenters. The lowest BCUT2D eigenvalue weighted by Crippen LogP contribution is -2.23. The van der Waals surface area contributed by atoms with Gasteiger partial charge in [0.2, 0.25) is 0 Å². The van der Waals surface area contributed by atoms with Crippen molar-refractivity contribution < 1.29 is 26.3 Å². The fraction of sp³-hybridized carbons (Fsp3) is 0.273. The van der Waals surface area contributed by atoms with Gasteiger partial charge in [-0.1, -0.05) is 41.0 Å². The minimum Gasteiger partial charge on any atom is -0.488 e. The van der Waals surface area contributed by atoms with Crippen molar-refractivity contribution in [1.29, 1.82) is 0 Å². The third-order valence-electron chi connectivity index (χ3n) is 5.20. The van der Waals surface area contributed by atoms with Crippen molar-refractivity contribution in [3.8, 4) is 5.75 Å². The number of likely N-dealkylation sites (N-methyl/N-ethyl adjacent to an activating group) is 1. The lowest BCUT2D eigenvalue weighted by Gasteiger charge is -2.19. The first kappa shape index (κ1) is 27.9. The molecule has 0 aliphatic carbocycles. The van der Waals surface area contributed by atoms with E-state index in [0.717, 1.165) is 29.5 Å². The Morgan fingerprint density at radius 2 is 1.97 bits per heavy atom.